The van der Waals surface area contributed by atoms with Crippen molar-refractivity contribution in [2.45, 2.75) is 39.7 Å². The van der Waals surface area contributed by atoms with Crippen LogP contribution in [0.15, 0.2) is 12.1 Å². The van der Waals surface area contributed by atoms with Gasteiger partial charge in [0.2, 0.25) is 0 Å². The van der Waals surface area contributed by atoms with E-state index in [2.05, 4.69) is 5.32 Å². The van der Waals surface area contributed by atoms with E-state index in [9.17, 15) is 17.6 Å². The van der Waals surface area contributed by atoms with Crippen molar-refractivity contribution in [3.63, 3.8) is 0 Å². The van der Waals surface area contributed by atoms with E-state index in [1.807, 2.05) is 32.9 Å². The van der Waals surface area contributed by atoms with Gasteiger partial charge in [-0.05, 0) is 37.5 Å². The molecule has 1 rings (SSSR count). The minimum atomic E-state index is -3.98. The fraction of sp³-hybridized carbons (Fsp3) is 0.538. The third-order valence-electron chi connectivity index (χ3n) is 2.82. The van der Waals surface area contributed by atoms with Crippen molar-refractivity contribution in [3.05, 3.63) is 34.4 Å². The number of hydrogen-bond acceptors (Lipinski definition) is 1. The van der Waals surface area contributed by atoms with Gasteiger partial charge >= 0.3 is 12.3 Å². The Kier molecular flexibility index (Phi) is 4.73. The Morgan fingerprint density at radius 2 is 1.61 bits per heavy atom. The van der Waals surface area contributed by atoms with E-state index in [-0.39, 0.29) is 6.54 Å². The van der Waals surface area contributed by atoms with Crippen molar-refractivity contribution in [1.82, 2.24) is 5.32 Å². The van der Waals surface area contributed by atoms with Crippen LogP contribution < -0.4 is 5.32 Å². The van der Waals surface area contributed by atoms with Crippen LogP contribution in [0.3, 0.4) is 0 Å². The first-order chi connectivity index (χ1) is 8.24. The second-order valence-electron chi connectivity index (χ2n) is 4.54. The van der Waals surface area contributed by atoms with Crippen LogP contribution in [0, 0.1) is 20.8 Å². The van der Waals surface area contributed by atoms with Gasteiger partial charge in [0.05, 0.1) is 6.54 Å². The van der Waals surface area contributed by atoms with Crippen LogP contribution in [0.4, 0.5) is 17.6 Å². The lowest BCUT2D eigenvalue weighted by atomic mass is 10.00. The van der Waals surface area contributed by atoms with Gasteiger partial charge < -0.3 is 5.32 Å². The summed E-state index contributed by atoms with van der Waals surface area (Å²) < 4.78 is 49.3. The lowest BCUT2D eigenvalue weighted by molar-refractivity contribution is -0.125. The highest BCUT2D eigenvalue weighted by molar-refractivity contribution is 5.37. The van der Waals surface area contributed by atoms with Gasteiger partial charge in [-0.15, -0.1) is 0 Å². The van der Waals surface area contributed by atoms with Gasteiger partial charge in [-0.25, -0.2) is 8.78 Å². The average molecular weight is 263 g/mol. The average Bonchev–Trinajstić information content (AvgIpc) is 2.21. The van der Waals surface area contributed by atoms with Crippen LogP contribution in [-0.2, 0) is 6.54 Å². The largest absolute Gasteiger partial charge is 0.319 e. The monoisotopic (exact) mass is 263 g/mol. The summed E-state index contributed by atoms with van der Waals surface area (Å²) in [4.78, 5) is 0. The highest BCUT2D eigenvalue weighted by atomic mass is 19.3. The van der Waals surface area contributed by atoms with Crippen LogP contribution in [0.1, 0.15) is 22.3 Å². The van der Waals surface area contributed by atoms with Gasteiger partial charge in [-0.1, -0.05) is 17.7 Å². The number of halogens is 4. The van der Waals surface area contributed by atoms with Gasteiger partial charge in [-0.3, -0.25) is 0 Å². The third kappa shape index (κ3) is 3.70. The maximum atomic E-state index is 12.7. The summed E-state index contributed by atoms with van der Waals surface area (Å²) in [6, 6.07) is 3.88. The SMILES string of the molecule is Cc1cc(C)c(CNCC(F)(F)C(F)F)c(C)c1. The number of alkyl halides is 4. The van der Waals surface area contributed by atoms with E-state index >= 15 is 0 Å². The van der Waals surface area contributed by atoms with Crippen LogP contribution in [0.25, 0.3) is 0 Å². The standard InChI is InChI=1S/C13H17F4N/c1-8-4-9(2)11(10(3)5-8)6-18-7-13(16,17)12(14)15/h4-5,12,18H,6-7H2,1-3H3. The van der Waals surface area contributed by atoms with Crippen LogP contribution >= 0.6 is 0 Å². The van der Waals surface area contributed by atoms with Crippen molar-refractivity contribution in [2.24, 2.45) is 0 Å². The summed E-state index contributed by atoms with van der Waals surface area (Å²) in [6.07, 6.45) is -3.63. The first-order valence-corrected chi connectivity index (χ1v) is 5.67. The lowest BCUT2D eigenvalue weighted by Crippen LogP contribution is -2.38. The minimum absolute atomic E-state index is 0.167. The summed E-state index contributed by atoms with van der Waals surface area (Å²) in [7, 11) is 0. The molecule has 0 aliphatic carbocycles. The summed E-state index contributed by atoms with van der Waals surface area (Å²) in [5.74, 6) is -3.98. The fourth-order valence-electron chi connectivity index (χ4n) is 1.92. The first kappa shape index (κ1) is 15.0. The molecule has 0 saturated carbocycles. The molecule has 1 aromatic carbocycles. The number of hydrogen-bond donors (Lipinski definition) is 1. The molecule has 0 spiro atoms. The number of rotatable bonds is 5. The van der Waals surface area contributed by atoms with Crippen molar-refractivity contribution >= 4 is 0 Å². The summed E-state index contributed by atoms with van der Waals surface area (Å²) in [5, 5.41) is 2.39. The molecule has 0 fully saturated rings. The second-order valence-corrected chi connectivity index (χ2v) is 4.54. The molecule has 1 nitrogen and oxygen atoms in total. The van der Waals surface area contributed by atoms with Crippen molar-refractivity contribution in [3.8, 4) is 0 Å². The number of benzene rings is 1. The molecule has 0 heterocycles. The van der Waals surface area contributed by atoms with E-state index in [0.29, 0.717) is 0 Å². The number of nitrogens with one attached hydrogen (secondary N) is 1. The van der Waals surface area contributed by atoms with E-state index in [1.165, 1.54) is 0 Å². The summed E-state index contributed by atoms with van der Waals surface area (Å²) in [6.45, 7) is 4.85. The molecule has 0 saturated heterocycles. The lowest BCUT2D eigenvalue weighted by Gasteiger charge is -2.17. The zero-order valence-electron chi connectivity index (χ0n) is 10.7. The van der Waals surface area contributed by atoms with E-state index < -0.39 is 18.9 Å². The van der Waals surface area contributed by atoms with Gasteiger partial charge in [0.15, 0.2) is 0 Å². The van der Waals surface area contributed by atoms with Crippen LogP contribution in [0.2, 0.25) is 0 Å². The Morgan fingerprint density at radius 1 is 1.11 bits per heavy atom. The molecule has 0 atom stereocenters. The molecule has 18 heavy (non-hydrogen) atoms. The molecule has 1 N–H and O–H groups in total. The maximum absolute atomic E-state index is 12.7. The highest BCUT2D eigenvalue weighted by Crippen LogP contribution is 2.22. The highest BCUT2D eigenvalue weighted by Gasteiger charge is 2.39. The molecule has 0 bridgehead atoms. The Morgan fingerprint density at radius 3 is 2.06 bits per heavy atom. The molecular weight excluding hydrogens is 246 g/mol. The minimum Gasteiger partial charge on any atom is -0.307 e. The first-order valence-electron chi connectivity index (χ1n) is 5.67. The van der Waals surface area contributed by atoms with Crippen molar-refractivity contribution in [2.75, 3.05) is 6.54 Å². The molecule has 102 valence electrons. The molecule has 0 amide bonds. The Hall–Kier alpha value is -1.10. The van der Waals surface area contributed by atoms with Gasteiger partial charge in [-0.2, -0.15) is 8.78 Å². The molecule has 0 radical (unpaired) electrons. The fourth-order valence-corrected chi connectivity index (χ4v) is 1.92. The predicted molar refractivity (Wildman–Crippen MR) is 63.3 cm³/mol. The maximum Gasteiger partial charge on any atom is 0.319 e. The predicted octanol–water partition coefficient (Wildman–Crippen LogP) is 3.60. The molecular formula is C13H17F4N. The molecule has 1 aromatic rings. The zero-order chi connectivity index (χ0) is 13.9. The van der Waals surface area contributed by atoms with Gasteiger partial charge in [0.25, 0.3) is 0 Å². The van der Waals surface area contributed by atoms with E-state index in [0.717, 1.165) is 22.3 Å². The smallest absolute Gasteiger partial charge is 0.307 e. The number of aryl methyl sites for hydroxylation is 3. The van der Waals surface area contributed by atoms with Gasteiger partial charge in [0.1, 0.15) is 0 Å². The Balaban J connectivity index is 2.65. The second kappa shape index (κ2) is 5.69. The molecule has 0 aliphatic heterocycles. The molecule has 0 aliphatic rings. The third-order valence-corrected chi connectivity index (χ3v) is 2.82. The van der Waals surface area contributed by atoms with E-state index in [4.69, 9.17) is 0 Å². The Labute approximate surface area is 104 Å². The normalized spacial score (nSPS) is 12.2. The van der Waals surface area contributed by atoms with Gasteiger partial charge in [0, 0.05) is 6.54 Å². The summed E-state index contributed by atoms with van der Waals surface area (Å²) >= 11 is 0. The quantitative estimate of drug-likeness (QED) is 0.800. The summed E-state index contributed by atoms with van der Waals surface area (Å²) in [5.41, 5.74) is 3.91. The Bertz CT molecular complexity index is 392. The molecule has 0 aromatic heterocycles. The van der Waals surface area contributed by atoms with Crippen molar-refractivity contribution in [1.29, 1.82) is 0 Å². The van der Waals surface area contributed by atoms with Crippen molar-refractivity contribution < 1.29 is 17.6 Å². The topological polar surface area (TPSA) is 12.0 Å². The zero-order valence-corrected chi connectivity index (χ0v) is 10.7. The molecule has 0 unspecified atom stereocenters. The van der Waals surface area contributed by atoms with E-state index in [1.54, 1.807) is 0 Å². The van der Waals surface area contributed by atoms with Crippen LogP contribution in [0.5, 0.6) is 0 Å². The molecule has 5 heteroatoms. The van der Waals surface area contributed by atoms with Crippen LogP contribution in [-0.4, -0.2) is 18.9 Å².